The summed E-state index contributed by atoms with van der Waals surface area (Å²) in [5, 5.41) is 3.52. The van der Waals surface area contributed by atoms with Crippen molar-refractivity contribution in [3.8, 4) is 0 Å². The van der Waals surface area contributed by atoms with Gasteiger partial charge in [0.15, 0.2) is 11.6 Å². The van der Waals surface area contributed by atoms with Crippen molar-refractivity contribution >= 4 is 13.6 Å². The third-order valence-electron chi connectivity index (χ3n) is 0.800. The van der Waals surface area contributed by atoms with Crippen molar-refractivity contribution < 1.29 is 4.52 Å². The third-order valence-corrected chi connectivity index (χ3v) is 0.800. The number of nitrogens with zero attached hydrogens (tertiary/aromatic N) is 2. The second-order valence-electron chi connectivity index (χ2n) is 1.40. The van der Waals surface area contributed by atoms with Gasteiger partial charge >= 0.3 is 0 Å². The number of aromatic nitrogens is 2. The van der Waals surface area contributed by atoms with Gasteiger partial charge in [-0.15, -0.1) is 0 Å². The van der Waals surface area contributed by atoms with Crippen molar-refractivity contribution in [2.45, 2.75) is 13.3 Å². The van der Waals surface area contributed by atoms with Gasteiger partial charge in [-0.2, -0.15) is 0 Å². The molecule has 0 fully saturated rings. The van der Waals surface area contributed by atoms with Crippen LogP contribution in [0.5, 0.6) is 0 Å². The Hall–Kier alpha value is -0.795. The van der Waals surface area contributed by atoms with Gasteiger partial charge in [-0.25, -0.2) is 4.98 Å². The van der Waals surface area contributed by atoms with Crippen LogP contribution in [0, 0.1) is 0 Å². The molecule has 0 saturated heterocycles. The van der Waals surface area contributed by atoms with E-state index in [0.717, 1.165) is 6.42 Å². The van der Waals surface area contributed by atoms with Crippen molar-refractivity contribution in [2.75, 3.05) is 0 Å². The van der Waals surface area contributed by atoms with Crippen LogP contribution in [0.15, 0.2) is 4.52 Å². The summed E-state index contributed by atoms with van der Waals surface area (Å²) in [6, 6.07) is 0. The number of rotatable bonds is 1. The lowest BCUT2D eigenvalue weighted by Crippen LogP contribution is -2.01. The molecule has 1 rings (SSSR count). The Morgan fingerprint density at radius 1 is 1.75 bits per heavy atom. The summed E-state index contributed by atoms with van der Waals surface area (Å²) in [6.45, 7) is 1.93. The molecule has 4 heteroatoms. The van der Waals surface area contributed by atoms with Crippen LogP contribution in [0.2, 0.25) is 0 Å². The maximum atomic E-state index is 5.11. The Morgan fingerprint density at radius 3 is 2.75 bits per heavy atom. The highest BCUT2D eigenvalue weighted by Crippen LogP contribution is 1.83. The van der Waals surface area contributed by atoms with E-state index in [4.69, 9.17) is 7.85 Å². The van der Waals surface area contributed by atoms with Crippen LogP contribution in [0.3, 0.4) is 0 Å². The van der Waals surface area contributed by atoms with Gasteiger partial charge in [-0.05, 0) is 0 Å². The van der Waals surface area contributed by atoms with Gasteiger partial charge in [0.1, 0.15) is 0 Å². The fraction of sp³-hybridized carbons (Fsp3) is 0.500. The van der Waals surface area contributed by atoms with E-state index in [1.165, 1.54) is 0 Å². The van der Waals surface area contributed by atoms with E-state index in [1.807, 2.05) is 6.92 Å². The Kier molecular flexibility index (Phi) is 1.33. The molecule has 0 spiro atoms. The standard InChI is InChI=1S/C4H5BN2O/c1-2-3-6-4(5)8-7-3/h2H2,1H3. The van der Waals surface area contributed by atoms with Crippen LogP contribution >= 0.6 is 0 Å². The molecule has 0 atom stereocenters. The summed E-state index contributed by atoms with van der Waals surface area (Å²) in [4.78, 5) is 3.73. The molecule has 0 aliphatic carbocycles. The van der Waals surface area contributed by atoms with Crippen molar-refractivity contribution in [2.24, 2.45) is 0 Å². The van der Waals surface area contributed by atoms with E-state index >= 15 is 0 Å². The van der Waals surface area contributed by atoms with E-state index in [-0.39, 0.29) is 5.79 Å². The molecule has 0 N–H and O–H groups in total. The first-order valence-corrected chi connectivity index (χ1v) is 2.41. The van der Waals surface area contributed by atoms with Crippen molar-refractivity contribution in [1.82, 2.24) is 10.1 Å². The predicted molar refractivity (Wildman–Crippen MR) is 29.1 cm³/mol. The van der Waals surface area contributed by atoms with Gasteiger partial charge < -0.3 is 4.52 Å². The molecule has 1 aromatic rings. The predicted octanol–water partition coefficient (Wildman–Crippen LogP) is -0.574. The lowest BCUT2D eigenvalue weighted by molar-refractivity contribution is 0.437. The molecule has 3 nitrogen and oxygen atoms in total. The van der Waals surface area contributed by atoms with Crippen molar-refractivity contribution in [1.29, 1.82) is 0 Å². The van der Waals surface area contributed by atoms with E-state index in [2.05, 4.69) is 14.7 Å². The van der Waals surface area contributed by atoms with E-state index < -0.39 is 0 Å². The van der Waals surface area contributed by atoms with Crippen LogP contribution < -0.4 is 5.79 Å². The van der Waals surface area contributed by atoms with Gasteiger partial charge in [-0.1, -0.05) is 12.1 Å². The minimum atomic E-state index is 0.141. The fourth-order valence-electron chi connectivity index (χ4n) is 0.411. The molecular formula is C4H5BN2O. The lowest BCUT2D eigenvalue weighted by atomic mass is 10.2. The molecule has 40 valence electrons. The maximum Gasteiger partial charge on any atom is 0.201 e. The summed E-state index contributed by atoms with van der Waals surface area (Å²) in [5.41, 5.74) is 0. The zero-order valence-corrected chi connectivity index (χ0v) is 4.59. The van der Waals surface area contributed by atoms with Gasteiger partial charge in [0.25, 0.3) is 0 Å². The van der Waals surface area contributed by atoms with E-state index in [9.17, 15) is 0 Å². The van der Waals surface area contributed by atoms with Crippen molar-refractivity contribution in [3.05, 3.63) is 5.82 Å². The highest BCUT2D eigenvalue weighted by molar-refractivity contribution is 6.28. The zero-order valence-electron chi connectivity index (χ0n) is 4.59. The zero-order chi connectivity index (χ0) is 5.98. The van der Waals surface area contributed by atoms with Gasteiger partial charge in [0, 0.05) is 6.42 Å². The average molecular weight is 108 g/mol. The summed E-state index contributed by atoms with van der Waals surface area (Å²) in [6.07, 6.45) is 0.765. The number of hydrogen-bond donors (Lipinski definition) is 0. The Morgan fingerprint density at radius 2 is 2.50 bits per heavy atom. The molecule has 8 heavy (non-hydrogen) atoms. The van der Waals surface area contributed by atoms with E-state index in [0.29, 0.717) is 5.82 Å². The van der Waals surface area contributed by atoms with Gasteiger partial charge in [0.05, 0.1) is 0 Å². The normalized spacial score (nSPS) is 9.62. The Balaban J connectivity index is 2.84. The molecule has 1 aromatic heterocycles. The van der Waals surface area contributed by atoms with Crippen LogP contribution in [0.4, 0.5) is 0 Å². The summed E-state index contributed by atoms with van der Waals surface area (Å²) < 4.78 is 4.47. The lowest BCUT2D eigenvalue weighted by Gasteiger charge is -1.74. The molecule has 0 unspecified atom stereocenters. The molecular weight excluding hydrogens is 103 g/mol. The Bertz CT molecular complexity index is 174. The van der Waals surface area contributed by atoms with Gasteiger partial charge in [-0.3, -0.25) is 0 Å². The molecule has 0 bridgehead atoms. The minimum Gasteiger partial charge on any atom is -0.352 e. The molecule has 0 saturated carbocycles. The first-order chi connectivity index (χ1) is 3.83. The summed E-state index contributed by atoms with van der Waals surface area (Å²) in [5.74, 6) is 0.796. The molecule has 1 heterocycles. The largest absolute Gasteiger partial charge is 0.352 e. The summed E-state index contributed by atoms with van der Waals surface area (Å²) >= 11 is 0. The second-order valence-corrected chi connectivity index (χ2v) is 1.40. The highest BCUT2D eigenvalue weighted by Gasteiger charge is 1.94. The summed E-state index contributed by atoms with van der Waals surface area (Å²) in [7, 11) is 5.11. The Labute approximate surface area is 48.5 Å². The molecule has 2 radical (unpaired) electrons. The van der Waals surface area contributed by atoms with Crippen LogP contribution in [-0.2, 0) is 6.42 Å². The first-order valence-electron chi connectivity index (χ1n) is 2.41. The monoisotopic (exact) mass is 108 g/mol. The quantitative estimate of drug-likeness (QED) is 0.452. The van der Waals surface area contributed by atoms with E-state index in [1.54, 1.807) is 0 Å². The SMILES string of the molecule is [B]c1nc(CC)no1. The second kappa shape index (κ2) is 1.98. The van der Waals surface area contributed by atoms with Crippen LogP contribution in [0.25, 0.3) is 0 Å². The minimum absolute atomic E-state index is 0.141. The highest BCUT2D eigenvalue weighted by atomic mass is 16.5. The number of aryl methyl sites for hydroxylation is 1. The molecule has 0 aliphatic heterocycles. The smallest absolute Gasteiger partial charge is 0.201 e. The van der Waals surface area contributed by atoms with Crippen molar-refractivity contribution in [3.63, 3.8) is 0 Å². The molecule has 0 aromatic carbocycles. The average Bonchev–Trinajstić information content (AvgIpc) is 2.14. The number of hydrogen-bond acceptors (Lipinski definition) is 3. The fourth-order valence-corrected chi connectivity index (χ4v) is 0.411. The third kappa shape index (κ3) is 0.884. The molecule has 0 aliphatic rings. The van der Waals surface area contributed by atoms with Crippen LogP contribution in [0.1, 0.15) is 12.7 Å². The maximum absolute atomic E-state index is 5.11. The van der Waals surface area contributed by atoms with Crippen LogP contribution in [-0.4, -0.2) is 18.0 Å². The van der Waals surface area contributed by atoms with Gasteiger partial charge in [0.2, 0.25) is 7.85 Å². The first kappa shape index (κ1) is 5.34. The topological polar surface area (TPSA) is 38.9 Å². The molecule has 0 amide bonds.